The monoisotopic (exact) mass is 332 g/mol. The summed E-state index contributed by atoms with van der Waals surface area (Å²) in [4.78, 5) is 0.200. The maximum absolute atomic E-state index is 12.3. The molecule has 1 aromatic carbocycles. The Labute approximate surface area is 125 Å². The lowest BCUT2D eigenvalue weighted by Gasteiger charge is -2.13. The number of sulfone groups is 1. The number of nitrogens with one attached hydrogen (secondary N) is 1. The molecule has 6 nitrogen and oxygen atoms in total. The van der Waals surface area contributed by atoms with E-state index in [1.165, 1.54) is 0 Å². The molecule has 1 heterocycles. The van der Waals surface area contributed by atoms with Gasteiger partial charge in [-0.25, -0.2) is 21.6 Å². The van der Waals surface area contributed by atoms with E-state index in [0.717, 1.165) is 5.56 Å². The molecule has 1 aliphatic rings. The van der Waals surface area contributed by atoms with Crippen LogP contribution in [0.25, 0.3) is 0 Å². The van der Waals surface area contributed by atoms with Crippen LogP contribution >= 0.6 is 0 Å². The van der Waals surface area contributed by atoms with Crippen LogP contribution in [-0.2, 0) is 26.4 Å². The molecule has 0 aliphatic carbocycles. The Morgan fingerprint density at radius 2 is 2.10 bits per heavy atom. The zero-order valence-electron chi connectivity index (χ0n) is 11.9. The van der Waals surface area contributed by atoms with Crippen LogP contribution in [0, 0.1) is 12.8 Å². The minimum atomic E-state index is -3.65. The Morgan fingerprint density at radius 1 is 1.38 bits per heavy atom. The number of sulfonamides is 1. The predicted molar refractivity (Wildman–Crippen MR) is 81.0 cm³/mol. The third-order valence-electron chi connectivity index (χ3n) is 3.67. The van der Waals surface area contributed by atoms with E-state index in [1.807, 2.05) is 0 Å². The molecule has 1 unspecified atom stereocenters. The molecule has 1 fully saturated rings. The predicted octanol–water partition coefficient (Wildman–Crippen LogP) is 0.167. The molecule has 1 atom stereocenters. The van der Waals surface area contributed by atoms with E-state index in [2.05, 4.69) is 4.72 Å². The van der Waals surface area contributed by atoms with E-state index < -0.39 is 19.9 Å². The van der Waals surface area contributed by atoms with Crippen LogP contribution in [0.1, 0.15) is 17.5 Å². The van der Waals surface area contributed by atoms with Gasteiger partial charge in [0.2, 0.25) is 10.0 Å². The first-order chi connectivity index (χ1) is 9.73. The minimum absolute atomic E-state index is 0.0529. The van der Waals surface area contributed by atoms with Gasteiger partial charge in [-0.3, -0.25) is 0 Å². The van der Waals surface area contributed by atoms with E-state index in [9.17, 15) is 16.8 Å². The number of nitrogens with two attached hydrogens (primary N) is 1. The summed E-state index contributed by atoms with van der Waals surface area (Å²) in [5, 5.41) is 0. The molecule has 0 amide bonds. The minimum Gasteiger partial charge on any atom is -0.326 e. The molecule has 1 saturated heterocycles. The van der Waals surface area contributed by atoms with Crippen LogP contribution in [0.15, 0.2) is 23.1 Å². The third-order valence-corrected chi connectivity index (χ3v) is 7.07. The molecule has 0 bridgehead atoms. The Balaban J connectivity index is 2.12. The SMILES string of the molecule is Cc1ccc(CN)cc1S(=O)(=O)NCC1CCS(=O)(=O)C1. The summed E-state index contributed by atoms with van der Waals surface area (Å²) in [6.07, 6.45) is 0.507. The largest absolute Gasteiger partial charge is 0.326 e. The normalized spacial score (nSPS) is 21.5. The standard InChI is InChI=1S/C13H20N2O4S2/c1-10-2-3-11(7-14)6-13(10)21(18,19)15-8-12-4-5-20(16,17)9-12/h2-3,6,12,15H,4-5,7-9,14H2,1H3. The second kappa shape index (κ2) is 6.04. The first-order valence-corrected chi connectivity index (χ1v) is 10.0. The lowest BCUT2D eigenvalue weighted by atomic mass is 10.1. The summed E-state index contributed by atoms with van der Waals surface area (Å²) in [6, 6.07) is 5.07. The molecule has 2 rings (SSSR count). The van der Waals surface area contributed by atoms with Gasteiger partial charge in [-0.15, -0.1) is 0 Å². The first-order valence-electron chi connectivity index (χ1n) is 6.73. The molecule has 21 heavy (non-hydrogen) atoms. The smallest absolute Gasteiger partial charge is 0.240 e. The molecule has 0 saturated carbocycles. The molecule has 0 spiro atoms. The highest BCUT2D eigenvalue weighted by molar-refractivity contribution is 7.91. The molecular formula is C13H20N2O4S2. The molecular weight excluding hydrogens is 312 g/mol. The second-order valence-corrected chi connectivity index (χ2v) is 9.39. The van der Waals surface area contributed by atoms with Crippen molar-refractivity contribution in [2.75, 3.05) is 18.1 Å². The van der Waals surface area contributed by atoms with Crippen LogP contribution in [0.3, 0.4) is 0 Å². The number of hydrogen-bond donors (Lipinski definition) is 2. The highest BCUT2D eigenvalue weighted by Gasteiger charge is 2.29. The van der Waals surface area contributed by atoms with Gasteiger partial charge in [0.05, 0.1) is 16.4 Å². The Kier molecular flexibility index (Phi) is 4.72. The van der Waals surface area contributed by atoms with Gasteiger partial charge in [-0.05, 0) is 36.5 Å². The number of hydrogen-bond acceptors (Lipinski definition) is 5. The van der Waals surface area contributed by atoms with Gasteiger partial charge in [0.25, 0.3) is 0 Å². The fraction of sp³-hybridized carbons (Fsp3) is 0.538. The van der Waals surface area contributed by atoms with Gasteiger partial charge in [-0.2, -0.15) is 0 Å². The maximum Gasteiger partial charge on any atom is 0.240 e. The van der Waals surface area contributed by atoms with Crippen molar-refractivity contribution in [1.82, 2.24) is 4.72 Å². The molecule has 1 aromatic rings. The van der Waals surface area contributed by atoms with E-state index in [4.69, 9.17) is 5.73 Å². The molecule has 1 aliphatic heterocycles. The van der Waals surface area contributed by atoms with E-state index in [-0.39, 0.29) is 35.4 Å². The average Bonchev–Trinajstić information content (AvgIpc) is 2.76. The number of benzene rings is 1. The van der Waals surface area contributed by atoms with Crippen LogP contribution in [0.2, 0.25) is 0 Å². The van der Waals surface area contributed by atoms with Crippen molar-refractivity contribution < 1.29 is 16.8 Å². The summed E-state index contributed by atoms with van der Waals surface area (Å²) in [7, 11) is -6.65. The van der Waals surface area contributed by atoms with E-state index >= 15 is 0 Å². The van der Waals surface area contributed by atoms with Gasteiger partial charge in [-0.1, -0.05) is 12.1 Å². The van der Waals surface area contributed by atoms with Crippen molar-refractivity contribution in [1.29, 1.82) is 0 Å². The Bertz CT molecular complexity index is 727. The van der Waals surface area contributed by atoms with Crippen LogP contribution in [0.5, 0.6) is 0 Å². The fourth-order valence-corrected chi connectivity index (χ4v) is 5.67. The molecule has 3 N–H and O–H groups in total. The first kappa shape index (κ1) is 16.4. The van der Waals surface area contributed by atoms with Gasteiger partial charge in [0.1, 0.15) is 0 Å². The summed E-state index contributed by atoms with van der Waals surface area (Å²) in [5.74, 6) is 0.0427. The number of aryl methyl sites for hydroxylation is 1. The lowest BCUT2D eigenvalue weighted by Crippen LogP contribution is -2.30. The fourth-order valence-electron chi connectivity index (χ4n) is 2.40. The van der Waals surface area contributed by atoms with Gasteiger partial charge in [0.15, 0.2) is 9.84 Å². The topological polar surface area (TPSA) is 106 Å². The third kappa shape index (κ3) is 4.03. The summed E-state index contributed by atoms with van der Waals surface area (Å²) >= 11 is 0. The second-order valence-electron chi connectivity index (χ2n) is 5.42. The highest BCUT2D eigenvalue weighted by atomic mass is 32.2. The van der Waals surface area contributed by atoms with Crippen LogP contribution < -0.4 is 10.5 Å². The average molecular weight is 332 g/mol. The highest BCUT2D eigenvalue weighted by Crippen LogP contribution is 2.20. The van der Waals surface area contributed by atoms with Crippen LogP contribution in [0.4, 0.5) is 0 Å². The van der Waals surface area contributed by atoms with Crippen molar-refractivity contribution in [2.24, 2.45) is 11.7 Å². The maximum atomic E-state index is 12.3. The summed E-state index contributed by atoms with van der Waals surface area (Å²) < 4.78 is 50.0. The van der Waals surface area contributed by atoms with E-state index in [0.29, 0.717) is 12.0 Å². The summed E-state index contributed by atoms with van der Waals surface area (Å²) in [5.41, 5.74) is 6.91. The van der Waals surface area contributed by atoms with Crippen molar-refractivity contribution in [3.05, 3.63) is 29.3 Å². The molecule has 0 radical (unpaired) electrons. The number of rotatable bonds is 5. The van der Waals surface area contributed by atoms with Crippen molar-refractivity contribution in [3.8, 4) is 0 Å². The Morgan fingerprint density at radius 3 is 2.67 bits per heavy atom. The Hall–Kier alpha value is -0.960. The van der Waals surface area contributed by atoms with Gasteiger partial charge in [0, 0.05) is 13.1 Å². The van der Waals surface area contributed by atoms with Crippen molar-refractivity contribution >= 4 is 19.9 Å². The van der Waals surface area contributed by atoms with E-state index in [1.54, 1.807) is 25.1 Å². The molecule has 0 aromatic heterocycles. The molecule has 8 heteroatoms. The quantitative estimate of drug-likeness (QED) is 0.799. The van der Waals surface area contributed by atoms with Crippen LogP contribution in [-0.4, -0.2) is 34.9 Å². The van der Waals surface area contributed by atoms with Gasteiger partial charge < -0.3 is 5.73 Å². The summed E-state index contributed by atoms with van der Waals surface area (Å²) in [6.45, 7) is 2.13. The van der Waals surface area contributed by atoms with Crippen molar-refractivity contribution in [2.45, 2.75) is 24.8 Å². The zero-order chi connectivity index (χ0) is 15.7. The zero-order valence-corrected chi connectivity index (χ0v) is 13.5. The van der Waals surface area contributed by atoms with Crippen molar-refractivity contribution in [3.63, 3.8) is 0 Å². The lowest BCUT2D eigenvalue weighted by molar-refractivity contribution is 0.543. The molecule has 118 valence electrons. The van der Waals surface area contributed by atoms with Gasteiger partial charge >= 0.3 is 0 Å².